The maximum atomic E-state index is 13.2. The first-order chi connectivity index (χ1) is 8.90. The van der Waals surface area contributed by atoms with Gasteiger partial charge >= 0.3 is 5.97 Å². The number of carboxylic acid groups (broad SMARTS) is 1. The Morgan fingerprint density at radius 1 is 1.53 bits per heavy atom. The van der Waals surface area contributed by atoms with Crippen LogP contribution in [0.1, 0.15) is 12.5 Å². The van der Waals surface area contributed by atoms with E-state index in [1.165, 1.54) is 30.8 Å². The average Bonchev–Trinajstić information content (AvgIpc) is 2.31. The van der Waals surface area contributed by atoms with Crippen molar-refractivity contribution in [2.24, 2.45) is 0 Å². The van der Waals surface area contributed by atoms with Gasteiger partial charge in [-0.2, -0.15) is 11.8 Å². The third kappa shape index (κ3) is 5.48. The van der Waals surface area contributed by atoms with Crippen molar-refractivity contribution in [3.63, 3.8) is 0 Å². The Labute approximate surface area is 119 Å². The van der Waals surface area contributed by atoms with E-state index in [1.807, 2.05) is 0 Å². The summed E-state index contributed by atoms with van der Waals surface area (Å²) < 4.78 is 13.2. The molecule has 0 radical (unpaired) electrons. The van der Waals surface area contributed by atoms with Crippen molar-refractivity contribution in [2.45, 2.75) is 18.7 Å². The summed E-state index contributed by atoms with van der Waals surface area (Å²) in [6.07, 6.45) is 0. The molecule has 7 heteroatoms. The van der Waals surface area contributed by atoms with E-state index in [1.54, 1.807) is 6.07 Å². The number of benzene rings is 1. The third-order valence-corrected chi connectivity index (χ3v) is 3.63. The molecular formula is C12H13ClFNO3S. The van der Waals surface area contributed by atoms with Gasteiger partial charge in [0.1, 0.15) is 11.9 Å². The summed E-state index contributed by atoms with van der Waals surface area (Å²) in [5.74, 6) is -1.34. The first kappa shape index (κ1) is 15.8. The van der Waals surface area contributed by atoms with Crippen LogP contribution in [-0.4, -0.2) is 28.8 Å². The molecule has 1 aromatic rings. The molecule has 0 aliphatic carbocycles. The minimum Gasteiger partial charge on any atom is -0.480 e. The van der Waals surface area contributed by atoms with E-state index in [4.69, 9.17) is 16.7 Å². The largest absolute Gasteiger partial charge is 0.480 e. The zero-order valence-electron chi connectivity index (χ0n) is 10.2. The zero-order valence-corrected chi connectivity index (χ0v) is 11.7. The standard InChI is InChI=1S/C12H13ClFNO3S/c1-7(16)15-11(12(17)18)6-19-5-8-2-3-9(13)10(14)4-8/h2-4,11H,5-6H2,1H3,(H,15,16)(H,17,18). The Balaban J connectivity index is 2.49. The summed E-state index contributed by atoms with van der Waals surface area (Å²) >= 11 is 6.85. The molecule has 0 spiro atoms. The fourth-order valence-corrected chi connectivity index (χ4v) is 2.46. The molecule has 2 N–H and O–H groups in total. The van der Waals surface area contributed by atoms with E-state index < -0.39 is 23.7 Å². The highest BCUT2D eigenvalue weighted by Gasteiger charge is 2.18. The van der Waals surface area contributed by atoms with Gasteiger partial charge in [0.05, 0.1) is 5.02 Å². The van der Waals surface area contributed by atoms with Crippen LogP contribution >= 0.6 is 23.4 Å². The molecule has 0 bridgehead atoms. The maximum absolute atomic E-state index is 13.2. The number of aliphatic carboxylic acids is 1. The lowest BCUT2D eigenvalue weighted by atomic mass is 10.2. The highest BCUT2D eigenvalue weighted by atomic mass is 35.5. The number of hydrogen-bond acceptors (Lipinski definition) is 3. The number of carboxylic acids is 1. The lowest BCUT2D eigenvalue weighted by molar-refractivity contribution is -0.140. The second kappa shape index (κ2) is 7.35. The number of rotatable bonds is 6. The van der Waals surface area contributed by atoms with Gasteiger partial charge in [0, 0.05) is 18.4 Å². The van der Waals surface area contributed by atoms with Gasteiger partial charge in [0.2, 0.25) is 5.91 Å². The molecule has 1 rings (SSSR count). The molecule has 4 nitrogen and oxygen atoms in total. The van der Waals surface area contributed by atoms with Crippen LogP contribution in [0.5, 0.6) is 0 Å². The second-order valence-corrected chi connectivity index (χ2v) is 5.29. The Bertz CT molecular complexity index is 484. The molecule has 1 amide bonds. The number of carbonyl (C=O) groups excluding carboxylic acids is 1. The highest BCUT2D eigenvalue weighted by molar-refractivity contribution is 7.98. The van der Waals surface area contributed by atoms with Crippen LogP contribution in [0.4, 0.5) is 4.39 Å². The molecule has 0 saturated heterocycles. The van der Waals surface area contributed by atoms with E-state index in [9.17, 15) is 14.0 Å². The monoisotopic (exact) mass is 305 g/mol. The van der Waals surface area contributed by atoms with Crippen molar-refractivity contribution < 1.29 is 19.1 Å². The fraction of sp³-hybridized carbons (Fsp3) is 0.333. The van der Waals surface area contributed by atoms with Crippen LogP contribution in [0.15, 0.2) is 18.2 Å². The van der Waals surface area contributed by atoms with Crippen LogP contribution < -0.4 is 5.32 Å². The van der Waals surface area contributed by atoms with Gasteiger partial charge < -0.3 is 10.4 Å². The smallest absolute Gasteiger partial charge is 0.327 e. The Kier molecular flexibility index (Phi) is 6.11. The van der Waals surface area contributed by atoms with E-state index in [0.717, 1.165) is 0 Å². The number of amides is 1. The van der Waals surface area contributed by atoms with Crippen molar-refractivity contribution in [3.8, 4) is 0 Å². The van der Waals surface area contributed by atoms with Crippen LogP contribution in [0.25, 0.3) is 0 Å². The van der Waals surface area contributed by atoms with Gasteiger partial charge in [0.25, 0.3) is 0 Å². The lowest BCUT2D eigenvalue weighted by Crippen LogP contribution is -2.41. The Morgan fingerprint density at radius 2 is 2.21 bits per heavy atom. The van der Waals surface area contributed by atoms with Crippen LogP contribution in [0, 0.1) is 5.82 Å². The second-order valence-electron chi connectivity index (χ2n) is 3.85. The Hall–Kier alpha value is -1.27. The van der Waals surface area contributed by atoms with Crippen molar-refractivity contribution in [1.29, 1.82) is 0 Å². The number of hydrogen-bond donors (Lipinski definition) is 2. The molecule has 0 heterocycles. The predicted octanol–water partition coefficient (Wildman–Crippen LogP) is 2.30. The minimum absolute atomic E-state index is 0.0513. The first-order valence-corrected chi connectivity index (χ1v) is 6.95. The molecule has 104 valence electrons. The van der Waals surface area contributed by atoms with Gasteiger partial charge in [-0.15, -0.1) is 0 Å². The van der Waals surface area contributed by atoms with Gasteiger partial charge in [0.15, 0.2) is 0 Å². The summed E-state index contributed by atoms with van der Waals surface area (Å²) in [5, 5.41) is 11.3. The zero-order chi connectivity index (χ0) is 14.4. The number of thioether (sulfide) groups is 1. The summed E-state index contributed by atoms with van der Waals surface area (Å²) in [7, 11) is 0. The maximum Gasteiger partial charge on any atom is 0.327 e. The number of halogens is 2. The van der Waals surface area contributed by atoms with Gasteiger partial charge in [-0.3, -0.25) is 4.79 Å². The summed E-state index contributed by atoms with van der Waals surface area (Å²) in [5.41, 5.74) is 0.707. The van der Waals surface area contributed by atoms with Gasteiger partial charge in [-0.1, -0.05) is 17.7 Å². The number of nitrogens with one attached hydrogen (secondary N) is 1. The highest BCUT2D eigenvalue weighted by Crippen LogP contribution is 2.19. The SMILES string of the molecule is CC(=O)NC(CSCc1ccc(Cl)c(F)c1)C(=O)O. The summed E-state index contributed by atoms with van der Waals surface area (Å²) in [6.45, 7) is 1.26. The van der Waals surface area contributed by atoms with Crippen LogP contribution in [0.2, 0.25) is 5.02 Å². The van der Waals surface area contributed by atoms with Crippen LogP contribution in [0.3, 0.4) is 0 Å². The molecule has 0 aliphatic heterocycles. The van der Waals surface area contributed by atoms with Crippen molar-refractivity contribution in [3.05, 3.63) is 34.6 Å². The molecule has 1 aromatic carbocycles. The lowest BCUT2D eigenvalue weighted by Gasteiger charge is -2.12. The molecule has 1 atom stereocenters. The van der Waals surface area contributed by atoms with E-state index in [2.05, 4.69) is 5.32 Å². The van der Waals surface area contributed by atoms with E-state index in [-0.39, 0.29) is 10.8 Å². The molecular weight excluding hydrogens is 293 g/mol. The summed E-state index contributed by atoms with van der Waals surface area (Å²) in [6, 6.07) is 3.49. The van der Waals surface area contributed by atoms with Crippen molar-refractivity contribution in [2.75, 3.05) is 5.75 Å². The quantitative estimate of drug-likeness (QED) is 0.846. The number of carbonyl (C=O) groups is 2. The minimum atomic E-state index is -1.09. The van der Waals surface area contributed by atoms with Gasteiger partial charge in [-0.05, 0) is 17.7 Å². The molecule has 0 saturated carbocycles. The summed E-state index contributed by atoms with van der Waals surface area (Å²) in [4.78, 5) is 21.7. The third-order valence-electron chi connectivity index (χ3n) is 2.21. The first-order valence-electron chi connectivity index (χ1n) is 5.41. The Morgan fingerprint density at radius 3 is 2.74 bits per heavy atom. The van der Waals surface area contributed by atoms with E-state index in [0.29, 0.717) is 11.3 Å². The van der Waals surface area contributed by atoms with Crippen LogP contribution in [-0.2, 0) is 15.3 Å². The molecule has 19 heavy (non-hydrogen) atoms. The van der Waals surface area contributed by atoms with Crippen molar-refractivity contribution in [1.82, 2.24) is 5.32 Å². The van der Waals surface area contributed by atoms with E-state index >= 15 is 0 Å². The predicted molar refractivity (Wildman–Crippen MR) is 72.8 cm³/mol. The molecule has 0 aliphatic rings. The normalized spacial score (nSPS) is 11.9. The topological polar surface area (TPSA) is 66.4 Å². The molecule has 1 unspecified atom stereocenters. The molecule has 0 fully saturated rings. The average molecular weight is 306 g/mol. The fourth-order valence-electron chi connectivity index (χ4n) is 1.34. The van der Waals surface area contributed by atoms with Gasteiger partial charge in [-0.25, -0.2) is 9.18 Å². The van der Waals surface area contributed by atoms with Crippen molar-refractivity contribution >= 4 is 35.2 Å². The molecule has 0 aromatic heterocycles.